The zero-order chi connectivity index (χ0) is 61.8. The lowest BCUT2D eigenvalue weighted by Gasteiger charge is -2.34. The van der Waals surface area contributed by atoms with Crippen molar-refractivity contribution in [3.05, 3.63) is 108 Å². The molecule has 0 aromatic heterocycles. The maximum atomic E-state index is 14.7. The van der Waals surface area contributed by atoms with E-state index in [4.69, 9.17) is 15.2 Å². The van der Waals surface area contributed by atoms with Gasteiger partial charge in [-0.25, -0.2) is 0 Å². The Labute approximate surface area is 491 Å². The average Bonchev–Trinajstić information content (AvgIpc) is 3.51. The van der Waals surface area contributed by atoms with E-state index in [-0.39, 0.29) is 36.6 Å². The third-order valence-electron chi connectivity index (χ3n) is 15.4. The van der Waals surface area contributed by atoms with Gasteiger partial charge in [-0.3, -0.25) is 33.6 Å². The van der Waals surface area contributed by atoms with Crippen molar-refractivity contribution in [2.45, 2.75) is 145 Å². The molecule has 0 aliphatic carbocycles. The van der Waals surface area contributed by atoms with Crippen molar-refractivity contribution in [2.24, 2.45) is 11.7 Å². The minimum absolute atomic E-state index is 0.0332. The Hall–Kier alpha value is -7.59. The summed E-state index contributed by atoms with van der Waals surface area (Å²) in [4.78, 5) is 103. The molecule has 0 unspecified atom stereocenters. The molecule has 0 saturated carbocycles. The number of phenolic OH excluding ortho intramolecular Hbond substituents is 1. The van der Waals surface area contributed by atoms with Crippen LogP contribution >= 0.6 is 0 Å². The van der Waals surface area contributed by atoms with Gasteiger partial charge in [-0.05, 0) is 84.5 Å². The zero-order valence-electron chi connectivity index (χ0n) is 47.7. The molecule has 7 amide bonds. The number of benzene rings is 4. The third-order valence-corrected chi connectivity index (χ3v) is 15.4. The highest BCUT2D eigenvalue weighted by Crippen LogP contribution is 2.30. The van der Waals surface area contributed by atoms with Crippen molar-refractivity contribution < 1.29 is 83.9 Å². The smallest absolute Gasteiger partial charge is 0.251 e. The number of carbonyl (C=O) groups is 7. The highest BCUT2D eigenvalue weighted by molar-refractivity contribution is 6.00. The molecule has 0 spiro atoms. The molecule has 3 heterocycles. The molecule has 15 N–H and O–H groups in total. The van der Waals surface area contributed by atoms with Crippen molar-refractivity contribution >= 4 is 41.4 Å². The first-order chi connectivity index (χ1) is 40.5. The quantitative estimate of drug-likeness (QED) is 0.0567. The number of aliphatic hydroxyl groups is 7. The van der Waals surface area contributed by atoms with Crippen LogP contribution < -0.4 is 37.1 Å². The number of fused-ring (bicyclic) bond motifs is 2. The van der Waals surface area contributed by atoms with Crippen molar-refractivity contribution in [3.8, 4) is 33.8 Å². The second-order valence-electron chi connectivity index (χ2n) is 21.9. The molecule has 3 aliphatic heterocycles. The highest BCUT2D eigenvalue weighted by Gasteiger charge is 2.50. The molecule has 4 aromatic carbocycles. The average molecular weight is 1180 g/mol. The number of nitrogens with one attached hydrogen (secondary N) is 5. The Morgan fingerprint density at radius 2 is 1.20 bits per heavy atom. The van der Waals surface area contributed by atoms with E-state index in [9.17, 15) is 74.4 Å². The summed E-state index contributed by atoms with van der Waals surface area (Å²) in [6.07, 6.45) is -12.8. The monoisotopic (exact) mass is 1180 g/mol. The number of amides is 7. The van der Waals surface area contributed by atoms with E-state index in [2.05, 4.69) is 33.5 Å². The predicted octanol–water partition coefficient (Wildman–Crippen LogP) is -0.944. The Kier molecular flexibility index (Phi) is 22.5. The Morgan fingerprint density at radius 3 is 1.76 bits per heavy atom. The first-order valence-electron chi connectivity index (χ1n) is 28.5. The van der Waals surface area contributed by atoms with Gasteiger partial charge in [0.15, 0.2) is 6.23 Å². The molecule has 25 heteroatoms. The summed E-state index contributed by atoms with van der Waals surface area (Å²) in [7, 11) is 0. The van der Waals surface area contributed by atoms with Crippen molar-refractivity contribution in [2.75, 3.05) is 32.8 Å². The number of phenols is 1. The number of hydrogen-bond donors (Lipinski definition) is 14. The van der Waals surface area contributed by atoms with Crippen LogP contribution in [-0.4, -0.2) is 204 Å². The first kappa shape index (κ1) is 65.0. The van der Waals surface area contributed by atoms with Gasteiger partial charge < -0.3 is 92.4 Å². The van der Waals surface area contributed by atoms with Gasteiger partial charge in [0.05, 0.1) is 37.6 Å². The summed E-state index contributed by atoms with van der Waals surface area (Å²) in [6, 6.07) is 15.1. The van der Waals surface area contributed by atoms with Crippen LogP contribution in [0, 0.1) is 5.92 Å². The fourth-order valence-electron chi connectivity index (χ4n) is 10.6. The molecular weight excluding hydrogens is 1100 g/mol. The Balaban J connectivity index is 1.21. The van der Waals surface area contributed by atoms with E-state index in [0.717, 1.165) is 83.0 Å². The molecule has 4 aromatic rings. The van der Waals surface area contributed by atoms with Crippen LogP contribution in [0.2, 0.25) is 0 Å². The summed E-state index contributed by atoms with van der Waals surface area (Å²) < 4.78 is 11.6. The number of rotatable bonds is 17. The van der Waals surface area contributed by atoms with Gasteiger partial charge >= 0.3 is 0 Å². The molecule has 0 radical (unpaired) electrons. The van der Waals surface area contributed by atoms with Crippen LogP contribution in [0.5, 0.6) is 11.5 Å². The fraction of sp³-hybridized carbons (Fsp3) is 0.483. The van der Waals surface area contributed by atoms with E-state index in [1.807, 2.05) is 48.5 Å². The molecular formula is C60H78N8O17. The van der Waals surface area contributed by atoms with Gasteiger partial charge in [0.25, 0.3) is 5.91 Å². The maximum absolute atomic E-state index is 14.7. The third kappa shape index (κ3) is 16.0. The Bertz CT molecular complexity index is 2930. The van der Waals surface area contributed by atoms with E-state index >= 15 is 0 Å². The van der Waals surface area contributed by atoms with E-state index in [0.29, 0.717) is 6.61 Å². The SMILES string of the molecule is CCCCCOc1ccc(-c2ccc(-c3ccc(C(=O)N[C@H]4C[C@@H](O)[C@@H](OCCN)NC(=O)[C@@H]5[C@@H](O)[C@@H](C)CN5C(=O)[C@H]([C@H](C)O)NC(=O)[C@H]([C@H](O)[C@@H](O)c5ccc(O)cc5)NC(=O)[C@@H]5C[C@@H](O)CN5C(=O)[C@H]([C@H](C)O)NC4=O)cc3)cc2)cc1. The topological polar surface area (TPSA) is 392 Å². The summed E-state index contributed by atoms with van der Waals surface area (Å²) in [5.74, 6) is -8.38. The van der Waals surface area contributed by atoms with Gasteiger partial charge in [-0.2, -0.15) is 0 Å². The lowest BCUT2D eigenvalue weighted by Crippen LogP contribution is -2.64. The van der Waals surface area contributed by atoms with Crippen molar-refractivity contribution in [3.63, 3.8) is 0 Å². The first-order valence-corrected chi connectivity index (χ1v) is 28.5. The molecule has 0 bridgehead atoms. The van der Waals surface area contributed by atoms with Crippen molar-refractivity contribution in [1.82, 2.24) is 36.4 Å². The number of nitrogens with two attached hydrogens (primary N) is 1. The largest absolute Gasteiger partial charge is 0.508 e. The molecule has 460 valence electrons. The molecule has 3 fully saturated rings. The number of nitrogens with zero attached hydrogens (tertiary/aromatic N) is 2. The second kappa shape index (κ2) is 29.5. The standard InChI is InChI=1S/C60H78N8O17/c1-5-6-7-25-84-42-22-18-37(19-23-42)35-10-8-34(9-11-35)36-12-14-39(15-13-36)53(77)62-43-28-45(73)58(85-26-24-61)66-57(81)49-50(74)31(2)29-68(49)60(83)47(33(4)70)64-56(80)48(52(76)51(75)38-16-20-40(71)21-17-38)65-55(79)44-27-41(72)30-67(44)59(82)46(32(3)69)63-54(43)78/h8-23,31-33,41,43-52,58,69-76H,5-7,24-30,61H2,1-4H3,(H,62,77)(H,63,78)(H,64,80)(H,65,79)(H,66,81)/t31-,32-,33-,41+,43-,44-,45+,46-,47-,48-,49-,50-,51-,52-,58+/m0/s1. The fourth-order valence-corrected chi connectivity index (χ4v) is 10.6. The van der Waals surface area contributed by atoms with Crippen LogP contribution in [0.1, 0.15) is 81.8 Å². The van der Waals surface area contributed by atoms with Crippen LogP contribution in [0.4, 0.5) is 0 Å². The summed E-state index contributed by atoms with van der Waals surface area (Å²) >= 11 is 0. The van der Waals surface area contributed by atoms with Gasteiger partial charge in [0.1, 0.15) is 66.1 Å². The van der Waals surface area contributed by atoms with Crippen LogP contribution in [0.25, 0.3) is 22.3 Å². The number of unbranched alkanes of at least 4 members (excludes halogenated alkanes) is 2. The predicted molar refractivity (Wildman–Crippen MR) is 306 cm³/mol. The number of ether oxygens (including phenoxy) is 2. The highest BCUT2D eigenvalue weighted by atomic mass is 16.5. The maximum Gasteiger partial charge on any atom is 0.251 e. The van der Waals surface area contributed by atoms with Crippen molar-refractivity contribution in [1.29, 1.82) is 0 Å². The molecule has 85 heavy (non-hydrogen) atoms. The van der Waals surface area contributed by atoms with E-state index in [1.165, 1.54) is 31.2 Å². The number of aliphatic hydroxyl groups excluding tert-OH is 7. The lowest BCUT2D eigenvalue weighted by molar-refractivity contribution is -0.149. The van der Waals surface area contributed by atoms with Gasteiger partial charge in [-0.15, -0.1) is 0 Å². The minimum Gasteiger partial charge on any atom is -0.508 e. The van der Waals surface area contributed by atoms with E-state index in [1.54, 1.807) is 12.1 Å². The summed E-state index contributed by atoms with van der Waals surface area (Å²) in [6.45, 7) is 5.08. The molecule has 15 atom stereocenters. The van der Waals surface area contributed by atoms with Gasteiger partial charge in [0.2, 0.25) is 35.4 Å². The molecule has 7 rings (SSSR count). The number of carbonyl (C=O) groups excluding carboxylic acids is 7. The minimum atomic E-state index is -2.29. The van der Waals surface area contributed by atoms with Gasteiger partial charge in [-0.1, -0.05) is 87.4 Å². The van der Waals surface area contributed by atoms with Crippen LogP contribution in [-0.2, 0) is 33.5 Å². The molecule has 25 nitrogen and oxygen atoms in total. The van der Waals surface area contributed by atoms with E-state index < -0.39 is 152 Å². The summed E-state index contributed by atoms with van der Waals surface area (Å²) in [5, 5.41) is 102. The van der Waals surface area contributed by atoms with Gasteiger partial charge in [0, 0.05) is 44.0 Å². The van der Waals surface area contributed by atoms with Crippen LogP contribution in [0.3, 0.4) is 0 Å². The molecule has 3 aliphatic rings. The summed E-state index contributed by atoms with van der Waals surface area (Å²) in [5.41, 5.74) is 9.20. The second-order valence-corrected chi connectivity index (χ2v) is 21.9. The normalized spacial score (nSPS) is 27.0. The lowest BCUT2D eigenvalue weighted by atomic mass is 9.96. The number of aromatic hydroxyl groups is 1. The zero-order valence-corrected chi connectivity index (χ0v) is 47.7. The molecule has 3 saturated heterocycles. The Morgan fingerprint density at radius 1 is 0.659 bits per heavy atom. The van der Waals surface area contributed by atoms with Crippen LogP contribution in [0.15, 0.2) is 97.1 Å². The number of hydrogen-bond acceptors (Lipinski definition) is 18.